The molecule has 0 fully saturated rings. The van der Waals surface area contributed by atoms with E-state index in [-0.39, 0.29) is 11.7 Å². The first-order valence-corrected chi connectivity index (χ1v) is 6.88. The maximum absolute atomic E-state index is 11.5. The highest BCUT2D eigenvalue weighted by molar-refractivity contribution is 14.1. The van der Waals surface area contributed by atoms with Crippen molar-refractivity contribution in [2.24, 2.45) is 0 Å². The van der Waals surface area contributed by atoms with Crippen LogP contribution in [0.15, 0.2) is 18.2 Å². The Morgan fingerprint density at radius 2 is 2.33 bits per heavy atom. The Morgan fingerprint density at radius 1 is 1.60 bits per heavy atom. The molecule has 0 aromatic heterocycles. The van der Waals surface area contributed by atoms with E-state index in [1.54, 1.807) is 23.9 Å². The van der Waals surface area contributed by atoms with Gasteiger partial charge >= 0.3 is 0 Å². The van der Waals surface area contributed by atoms with Gasteiger partial charge in [-0.3, -0.25) is 4.79 Å². The number of rotatable bonds is 4. The number of hydrogen-bond acceptors (Lipinski definition) is 3. The Bertz CT molecular complexity index is 357. The van der Waals surface area contributed by atoms with E-state index < -0.39 is 0 Å². The summed E-state index contributed by atoms with van der Waals surface area (Å²) in [7, 11) is 0. The minimum absolute atomic E-state index is 0.143. The zero-order chi connectivity index (χ0) is 11.3. The molecule has 1 rings (SSSR count). The number of amides is 1. The molecular weight excluding hydrogens is 325 g/mol. The van der Waals surface area contributed by atoms with Crippen molar-refractivity contribution in [2.45, 2.75) is 0 Å². The van der Waals surface area contributed by atoms with Crippen molar-refractivity contribution >= 4 is 40.3 Å². The van der Waals surface area contributed by atoms with Gasteiger partial charge in [0, 0.05) is 17.9 Å². The highest BCUT2D eigenvalue weighted by atomic mass is 127. The van der Waals surface area contributed by atoms with Crippen LogP contribution in [-0.2, 0) is 0 Å². The van der Waals surface area contributed by atoms with Crippen LogP contribution in [0.5, 0.6) is 5.75 Å². The lowest BCUT2D eigenvalue weighted by Gasteiger charge is -2.05. The molecule has 5 heteroatoms. The number of benzene rings is 1. The third-order valence-corrected chi connectivity index (χ3v) is 3.32. The number of aromatic hydroxyl groups is 1. The van der Waals surface area contributed by atoms with E-state index in [9.17, 15) is 9.90 Å². The summed E-state index contributed by atoms with van der Waals surface area (Å²) in [6, 6.07) is 4.91. The summed E-state index contributed by atoms with van der Waals surface area (Å²) in [5, 5.41) is 12.2. The van der Waals surface area contributed by atoms with Crippen LogP contribution in [0.25, 0.3) is 0 Å². The van der Waals surface area contributed by atoms with Crippen LogP contribution in [0.1, 0.15) is 10.4 Å². The summed E-state index contributed by atoms with van der Waals surface area (Å²) in [6.45, 7) is 0.646. The van der Waals surface area contributed by atoms with E-state index in [2.05, 4.69) is 5.32 Å². The monoisotopic (exact) mass is 337 g/mol. The van der Waals surface area contributed by atoms with Gasteiger partial charge in [0.25, 0.3) is 5.91 Å². The zero-order valence-corrected chi connectivity index (χ0v) is 11.3. The fraction of sp³-hybridized carbons (Fsp3) is 0.300. The van der Waals surface area contributed by atoms with Crippen LogP contribution in [0, 0.1) is 3.57 Å². The molecule has 3 nitrogen and oxygen atoms in total. The number of carbonyl (C=O) groups excluding carboxylic acids is 1. The second kappa shape index (κ2) is 6.22. The van der Waals surface area contributed by atoms with Gasteiger partial charge in [0.05, 0.1) is 3.57 Å². The van der Waals surface area contributed by atoms with Gasteiger partial charge in [-0.15, -0.1) is 0 Å². The lowest BCUT2D eigenvalue weighted by atomic mass is 10.2. The second-order valence-corrected chi connectivity index (χ2v) is 5.06. The first kappa shape index (κ1) is 12.6. The van der Waals surface area contributed by atoms with Crippen molar-refractivity contribution in [2.75, 3.05) is 18.6 Å². The Morgan fingerprint density at radius 3 is 2.93 bits per heavy atom. The minimum Gasteiger partial charge on any atom is -0.507 e. The first-order valence-electron chi connectivity index (χ1n) is 4.41. The molecule has 82 valence electrons. The van der Waals surface area contributed by atoms with E-state index >= 15 is 0 Å². The number of nitrogens with one attached hydrogen (secondary N) is 1. The maximum Gasteiger partial charge on any atom is 0.251 e. The number of halogens is 1. The molecule has 0 saturated heterocycles. The first-order chi connectivity index (χ1) is 7.15. The molecule has 0 saturated carbocycles. The number of phenolic OH excluding ortho intramolecular Hbond substituents is 1. The predicted molar refractivity (Wildman–Crippen MR) is 71.5 cm³/mol. The fourth-order valence-electron chi connectivity index (χ4n) is 1.02. The lowest BCUT2D eigenvalue weighted by molar-refractivity contribution is 0.0956. The Kier molecular flexibility index (Phi) is 5.24. The van der Waals surface area contributed by atoms with Crippen LogP contribution in [0.4, 0.5) is 0 Å². The van der Waals surface area contributed by atoms with Crippen LogP contribution in [0.2, 0.25) is 0 Å². The summed E-state index contributed by atoms with van der Waals surface area (Å²) in [5.41, 5.74) is 0.494. The maximum atomic E-state index is 11.5. The van der Waals surface area contributed by atoms with Gasteiger partial charge in [0.2, 0.25) is 0 Å². The van der Waals surface area contributed by atoms with Crippen LogP contribution in [0.3, 0.4) is 0 Å². The van der Waals surface area contributed by atoms with Gasteiger partial charge in [-0.2, -0.15) is 11.8 Å². The highest BCUT2D eigenvalue weighted by Gasteiger charge is 2.06. The summed E-state index contributed by atoms with van der Waals surface area (Å²) < 4.78 is 0.744. The largest absolute Gasteiger partial charge is 0.507 e. The van der Waals surface area contributed by atoms with Crippen molar-refractivity contribution in [1.29, 1.82) is 0 Å². The number of hydrogen-bond donors (Lipinski definition) is 2. The quantitative estimate of drug-likeness (QED) is 0.653. The smallest absolute Gasteiger partial charge is 0.251 e. The molecule has 0 radical (unpaired) electrons. The molecule has 0 bridgehead atoms. The van der Waals surface area contributed by atoms with Crippen molar-refractivity contribution in [1.82, 2.24) is 5.32 Å². The second-order valence-electron chi connectivity index (χ2n) is 2.91. The molecular formula is C10H12INO2S. The van der Waals surface area contributed by atoms with Gasteiger partial charge in [-0.1, -0.05) is 0 Å². The number of thioether (sulfide) groups is 1. The number of phenols is 1. The van der Waals surface area contributed by atoms with Crippen LogP contribution < -0.4 is 5.32 Å². The third kappa shape index (κ3) is 3.90. The summed E-state index contributed by atoms with van der Waals surface area (Å²) in [4.78, 5) is 11.5. The van der Waals surface area contributed by atoms with Gasteiger partial charge in [0.1, 0.15) is 5.75 Å². The van der Waals surface area contributed by atoms with Crippen molar-refractivity contribution in [3.8, 4) is 5.75 Å². The number of carbonyl (C=O) groups is 1. The molecule has 15 heavy (non-hydrogen) atoms. The molecule has 1 amide bonds. The molecule has 2 N–H and O–H groups in total. The molecule has 0 heterocycles. The van der Waals surface area contributed by atoms with Gasteiger partial charge in [-0.25, -0.2) is 0 Å². The van der Waals surface area contributed by atoms with Gasteiger partial charge < -0.3 is 10.4 Å². The summed E-state index contributed by atoms with van der Waals surface area (Å²) in [6.07, 6.45) is 1.99. The summed E-state index contributed by atoms with van der Waals surface area (Å²) >= 11 is 3.69. The predicted octanol–water partition coefficient (Wildman–Crippen LogP) is 2.09. The van der Waals surface area contributed by atoms with Crippen LogP contribution >= 0.6 is 34.4 Å². The minimum atomic E-state index is -0.143. The molecule has 0 atom stereocenters. The summed E-state index contributed by atoms with van der Waals surface area (Å²) in [5.74, 6) is 0.895. The van der Waals surface area contributed by atoms with Crippen LogP contribution in [-0.4, -0.2) is 29.6 Å². The standard InChI is InChI=1S/C10H12INO2S/c1-15-5-4-12-10(14)7-2-3-8(11)9(13)6-7/h2-3,6,13H,4-5H2,1H3,(H,12,14). The molecule has 0 aliphatic carbocycles. The molecule has 0 aliphatic rings. The highest BCUT2D eigenvalue weighted by Crippen LogP contribution is 2.20. The molecule has 0 spiro atoms. The lowest BCUT2D eigenvalue weighted by Crippen LogP contribution is -2.25. The van der Waals surface area contributed by atoms with E-state index in [4.69, 9.17) is 0 Å². The average molecular weight is 337 g/mol. The molecule has 0 unspecified atom stereocenters. The van der Waals surface area contributed by atoms with E-state index in [1.807, 2.05) is 28.8 Å². The normalized spacial score (nSPS) is 10.0. The van der Waals surface area contributed by atoms with Gasteiger partial charge in [0.15, 0.2) is 0 Å². The Balaban J connectivity index is 2.62. The zero-order valence-electron chi connectivity index (χ0n) is 8.29. The fourth-order valence-corrected chi connectivity index (χ4v) is 1.66. The topological polar surface area (TPSA) is 49.3 Å². The van der Waals surface area contributed by atoms with E-state index in [0.717, 1.165) is 9.32 Å². The Hall–Kier alpha value is -0.430. The molecule has 1 aromatic rings. The van der Waals surface area contributed by atoms with E-state index in [0.29, 0.717) is 12.1 Å². The van der Waals surface area contributed by atoms with Crippen molar-refractivity contribution in [3.05, 3.63) is 27.3 Å². The van der Waals surface area contributed by atoms with Crippen molar-refractivity contribution < 1.29 is 9.90 Å². The molecule has 0 aliphatic heterocycles. The Labute approximate surface area is 107 Å². The average Bonchev–Trinajstić information content (AvgIpc) is 2.22. The molecule has 1 aromatic carbocycles. The third-order valence-electron chi connectivity index (χ3n) is 1.80. The van der Waals surface area contributed by atoms with E-state index in [1.165, 1.54) is 6.07 Å². The van der Waals surface area contributed by atoms with Gasteiger partial charge in [-0.05, 0) is 47.0 Å². The van der Waals surface area contributed by atoms with Crippen molar-refractivity contribution in [3.63, 3.8) is 0 Å². The SMILES string of the molecule is CSCCNC(=O)c1ccc(I)c(O)c1.